The highest BCUT2D eigenvalue weighted by atomic mass is 15.1. The van der Waals surface area contributed by atoms with Gasteiger partial charge in [0.15, 0.2) is 0 Å². The summed E-state index contributed by atoms with van der Waals surface area (Å²) in [5.74, 6) is 0. The quantitative estimate of drug-likeness (QED) is 0.469. The van der Waals surface area contributed by atoms with Crippen molar-refractivity contribution in [2.45, 2.75) is 25.4 Å². The molecule has 0 aromatic rings. The molecule has 0 aliphatic rings. The van der Waals surface area contributed by atoms with Crippen LogP contribution in [-0.2, 0) is 0 Å². The molecule has 0 fully saturated rings. The molecule has 0 saturated carbocycles. The molecule has 0 bridgehead atoms. The summed E-state index contributed by atoms with van der Waals surface area (Å²) in [4.78, 5) is 0. The van der Waals surface area contributed by atoms with Crippen LogP contribution in [0.4, 0.5) is 0 Å². The van der Waals surface area contributed by atoms with Gasteiger partial charge in [0, 0.05) is 13.1 Å². The number of nitrogens with two attached hydrogens (primary N) is 2. The minimum Gasteiger partial charge on any atom is -0.329 e. The Kier molecular flexibility index (Phi) is 4.60. The Hall–Kier alpha value is -0.120. The van der Waals surface area contributed by atoms with Gasteiger partial charge in [0.1, 0.15) is 0 Å². The third-order valence-electron chi connectivity index (χ3n) is 1.70. The van der Waals surface area contributed by atoms with E-state index in [0.29, 0.717) is 13.0 Å². The van der Waals surface area contributed by atoms with Crippen molar-refractivity contribution in [3.63, 3.8) is 0 Å². The largest absolute Gasteiger partial charge is 0.329 e. The topological polar surface area (TPSA) is 64.1 Å². The van der Waals surface area contributed by atoms with Crippen molar-refractivity contribution < 1.29 is 0 Å². The lowest BCUT2D eigenvalue weighted by molar-refractivity contribution is 0.329. The molecule has 61 valence electrons. The van der Waals surface area contributed by atoms with Crippen LogP contribution in [0.2, 0.25) is 0 Å². The van der Waals surface area contributed by atoms with Crippen molar-refractivity contribution in [2.75, 3.05) is 13.1 Å². The van der Waals surface area contributed by atoms with E-state index in [2.05, 4.69) is 12.2 Å². The summed E-state index contributed by atoms with van der Waals surface area (Å²) in [6.45, 7) is 7.18. The van der Waals surface area contributed by atoms with E-state index < -0.39 is 0 Å². The average Bonchev–Trinajstić information content (AvgIpc) is 2.00. The number of rotatable bonds is 5. The van der Waals surface area contributed by atoms with Crippen LogP contribution in [0, 0.1) is 6.92 Å². The standard InChI is InChI=1S/C7H18N3/c1-3-7(9,4-2)10-6-5-8/h10H,1,3-6,8-9H2,2H3. The lowest BCUT2D eigenvalue weighted by Gasteiger charge is -2.27. The Bertz CT molecular complexity index is 78.9. The van der Waals surface area contributed by atoms with Crippen molar-refractivity contribution in [1.82, 2.24) is 5.32 Å². The molecule has 0 spiro atoms. The zero-order valence-corrected chi connectivity index (χ0v) is 6.69. The van der Waals surface area contributed by atoms with E-state index in [1.54, 1.807) is 0 Å². The Labute approximate surface area is 63.2 Å². The van der Waals surface area contributed by atoms with Gasteiger partial charge in [-0.2, -0.15) is 0 Å². The molecule has 0 aliphatic heterocycles. The fraction of sp³-hybridized carbons (Fsp3) is 0.857. The molecular weight excluding hydrogens is 126 g/mol. The maximum atomic E-state index is 5.85. The van der Waals surface area contributed by atoms with Gasteiger partial charge in [-0.05, 0) is 12.8 Å². The average molecular weight is 144 g/mol. The second-order valence-electron chi connectivity index (χ2n) is 2.48. The fourth-order valence-corrected chi connectivity index (χ4v) is 0.711. The highest BCUT2D eigenvalue weighted by Crippen LogP contribution is 2.04. The lowest BCUT2D eigenvalue weighted by atomic mass is 10.1. The van der Waals surface area contributed by atoms with Crippen LogP contribution in [0.3, 0.4) is 0 Å². The van der Waals surface area contributed by atoms with Gasteiger partial charge in [0.05, 0.1) is 5.66 Å². The molecule has 0 aliphatic carbocycles. The highest BCUT2D eigenvalue weighted by molar-refractivity contribution is 4.80. The third-order valence-corrected chi connectivity index (χ3v) is 1.70. The summed E-state index contributed by atoms with van der Waals surface area (Å²) < 4.78 is 0. The summed E-state index contributed by atoms with van der Waals surface area (Å²) in [5.41, 5.74) is 10.9. The lowest BCUT2D eigenvalue weighted by Crippen LogP contribution is -2.53. The minimum absolute atomic E-state index is 0.306. The number of hydrogen-bond donors (Lipinski definition) is 3. The predicted molar refractivity (Wildman–Crippen MR) is 44.2 cm³/mol. The van der Waals surface area contributed by atoms with Crippen LogP contribution in [0.5, 0.6) is 0 Å². The Morgan fingerprint density at radius 1 is 1.60 bits per heavy atom. The second-order valence-corrected chi connectivity index (χ2v) is 2.48. The summed E-state index contributed by atoms with van der Waals surface area (Å²) in [5, 5.41) is 3.14. The maximum Gasteiger partial charge on any atom is 0.0659 e. The van der Waals surface area contributed by atoms with Gasteiger partial charge in [-0.25, -0.2) is 0 Å². The first-order chi connectivity index (χ1) is 4.68. The van der Waals surface area contributed by atoms with Crippen LogP contribution in [-0.4, -0.2) is 18.8 Å². The van der Waals surface area contributed by atoms with Gasteiger partial charge in [0.25, 0.3) is 0 Å². The molecule has 0 rings (SSSR count). The Balaban J connectivity index is 3.58. The van der Waals surface area contributed by atoms with Crippen LogP contribution in [0.1, 0.15) is 19.8 Å². The maximum absolute atomic E-state index is 5.85. The molecule has 3 nitrogen and oxygen atoms in total. The van der Waals surface area contributed by atoms with Gasteiger partial charge < -0.3 is 11.5 Å². The van der Waals surface area contributed by atoms with Crippen molar-refractivity contribution in [3.8, 4) is 0 Å². The third kappa shape index (κ3) is 3.15. The van der Waals surface area contributed by atoms with Gasteiger partial charge in [0.2, 0.25) is 0 Å². The van der Waals surface area contributed by atoms with Crippen LogP contribution < -0.4 is 16.8 Å². The molecule has 0 aromatic carbocycles. The molecule has 0 heterocycles. The smallest absolute Gasteiger partial charge is 0.0659 e. The van der Waals surface area contributed by atoms with Crippen molar-refractivity contribution >= 4 is 0 Å². The normalized spacial score (nSPS) is 12.0. The van der Waals surface area contributed by atoms with Crippen LogP contribution in [0.15, 0.2) is 0 Å². The summed E-state index contributed by atoms with van der Waals surface area (Å²) in [6.07, 6.45) is 1.58. The van der Waals surface area contributed by atoms with Crippen molar-refractivity contribution in [2.24, 2.45) is 11.5 Å². The van der Waals surface area contributed by atoms with Crippen LogP contribution in [0.25, 0.3) is 0 Å². The molecular formula is C7H18N3. The molecule has 10 heavy (non-hydrogen) atoms. The Morgan fingerprint density at radius 3 is 2.50 bits per heavy atom. The van der Waals surface area contributed by atoms with E-state index in [9.17, 15) is 0 Å². The van der Waals surface area contributed by atoms with Gasteiger partial charge >= 0.3 is 0 Å². The molecule has 1 radical (unpaired) electrons. The van der Waals surface area contributed by atoms with Crippen molar-refractivity contribution in [3.05, 3.63) is 6.92 Å². The highest BCUT2D eigenvalue weighted by Gasteiger charge is 2.17. The molecule has 1 unspecified atom stereocenters. The van der Waals surface area contributed by atoms with Gasteiger partial charge in [-0.15, -0.1) is 0 Å². The van der Waals surface area contributed by atoms with E-state index in [4.69, 9.17) is 11.5 Å². The molecule has 0 aromatic heterocycles. The van der Waals surface area contributed by atoms with E-state index >= 15 is 0 Å². The van der Waals surface area contributed by atoms with E-state index in [-0.39, 0.29) is 5.66 Å². The fourth-order valence-electron chi connectivity index (χ4n) is 0.711. The minimum atomic E-state index is -0.306. The summed E-state index contributed by atoms with van der Waals surface area (Å²) in [7, 11) is 0. The summed E-state index contributed by atoms with van der Waals surface area (Å²) in [6, 6.07) is 0. The first-order valence-corrected chi connectivity index (χ1v) is 3.71. The Morgan fingerprint density at radius 2 is 2.20 bits per heavy atom. The predicted octanol–water partition coefficient (Wildman–Crippen LogP) is -0.176. The zero-order valence-electron chi connectivity index (χ0n) is 6.69. The van der Waals surface area contributed by atoms with Crippen molar-refractivity contribution in [1.29, 1.82) is 0 Å². The van der Waals surface area contributed by atoms with Crippen LogP contribution >= 0.6 is 0 Å². The molecule has 1 atom stereocenters. The molecule has 5 N–H and O–H groups in total. The molecule has 0 amide bonds. The first kappa shape index (κ1) is 9.88. The van der Waals surface area contributed by atoms with E-state index in [1.807, 2.05) is 6.92 Å². The summed E-state index contributed by atoms with van der Waals surface area (Å²) >= 11 is 0. The van der Waals surface area contributed by atoms with Gasteiger partial charge in [-0.3, -0.25) is 5.32 Å². The number of hydrogen-bond acceptors (Lipinski definition) is 3. The van der Waals surface area contributed by atoms with E-state index in [0.717, 1.165) is 13.0 Å². The van der Waals surface area contributed by atoms with Gasteiger partial charge in [-0.1, -0.05) is 13.8 Å². The molecule has 0 saturated heterocycles. The number of nitrogens with one attached hydrogen (secondary N) is 1. The molecule has 3 heteroatoms. The van der Waals surface area contributed by atoms with E-state index in [1.165, 1.54) is 0 Å². The second kappa shape index (κ2) is 4.66. The SMILES string of the molecule is [CH2]CC(N)(CC)NCCN. The monoisotopic (exact) mass is 144 g/mol. The first-order valence-electron chi connectivity index (χ1n) is 3.71. The zero-order chi connectivity index (χ0) is 8.04.